The summed E-state index contributed by atoms with van der Waals surface area (Å²) in [5, 5.41) is 4.53. The molecule has 0 saturated heterocycles. The van der Waals surface area contributed by atoms with Crippen molar-refractivity contribution in [3.05, 3.63) is 33.4 Å². The number of rotatable bonds is 1. The number of aldehydes is 1. The Bertz CT molecular complexity index is 478. The second kappa shape index (κ2) is 2.30. The molecule has 2 heterocycles. The van der Waals surface area contributed by atoms with Crippen LogP contribution in [0.5, 0.6) is 0 Å². The molecule has 0 unspecified atom stereocenters. The van der Waals surface area contributed by atoms with Crippen molar-refractivity contribution in [1.82, 2.24) is 4.98 Å². The number of aromatic nitrogens is 1. The predicted molar refractivity (Wildman–Crippen MR) is 38.5 cm³/mol. The summed E-state index contributed by atoms with van der Waals surface area (Å²) in [6.45, 7) is 0. The highest BCUT2D eigenvalue weighted by Gasteiger charge is 2.13. The zero-order valence-corrected chi connectivity index (χ0v) is 5.97. The lowest BCUT2D eigenvalue weighted by Gasteiger charge is -1.82. The molecular weight excluding hydrogens is 158 g/mol. The highest BCUT2D eigenvalue weighted by atomic mass is 16.3. The molecule has 5 nitrogen and oxygen atoms in total. The fourth-order valence-electron chi connectivity index (χ4n) is 1.03. The van der Waals surface area contributed by atoms with E-state index in [1.165, 1.54) is 12.4 Å². The van der Waals surface area contributed by atoms with Crippen LogP contribution in [0.2, 0.25) is 0 Å². The third kappa shape index (κ3) is 0.833. The van der Waals surface area contributed by atoms with Crippen molar-refractivity contribution in [3.63, 3.8) is 0 Å². The first kappa shape index (κ1) is 6.78. The number of fused-ring (bicyclic) bond motifs is 1. The summed E-state index contributed by atoms with van der Waals surface area (Å²) in [6, 6.07) is 1.63. The first-order valence-electron chi connectivity index (χ1n) is 3.28. The van der Waals surface area contributed by atoms with Crippen LogP contribution in [0.25, 0.3) is 6.20 Å². The van der Waals surface area contributed by atoms with Crippen molar-refractivity contribution in [2.24, 2.45) is 5.10 Å². The Balaban J connectivity index is 2.93. The van der Waals surface area contributed by atoms with Crippen LogP contribution in [-0.4, -0.2) is 16.1 Å². The summed E-state index contributed by atoms with van der Waals surface area (Å²) >= 11 is 0. The Kier molecular flexibility index (Phi) is 1.30. The maximum atomic E-state index is 10.7. The van der Waals surface area contributed by atoms with Gasteiger partial charge in [-0.3, -0.25) is 9.78 Å². The summed E-state index contributed by atoms with van der Waals surface area (Å²) in [5.41, 5.74) is 0.196. The number of hydrogen-bond donors (Lipinski definition) is 0. The lowest BCUT2D eigenvalue weighted by atomic mass is 10.3. The maximum absolute atomic E-state index is 10.7. The van der Waals surface area contributed by atoms with Crippen LogP contribution in [0.15, 0.2) is 17.4 Å². The third-order valence-corrected chi connectivity index (χ3v) is 1.54. The second-order valence-corrected chi connectivity index (χ2v) is 2.28. The van der Waals surface area contributed by atoms with Crippen LogP contribution in [0.4, 0.5) is 0 Å². The van der Waals surface area contributed by atoms with Gasteiger partial charge in [0.2, 0.25) is 0 Å². The standard InChI is InChI=1S/C7H4N3O2/c11-4-6-7-5(1-2-8-6)3-10(12)9-7/h1-4H/q+1. The maximum Gasteiger partial charge on any atom is 0.269 e. The SMILES string of the molecule is O=Cc1nccc2c1=N[N+](=O)C=2. The van der Waals surface area contributed by atoms with E-state index in [0.29, 0.717) is 21.7 Å². The summed E-state index contributed by atoms with van der Waals surface area (Å²) in [7, 11) is 0. The van der Waals surface area contributed by atoms with Gasteiger partial charge < -0.3 is 0 Å². The van der Waals surface area contributed by atoms with E-state index < -0.39 is 0 Å². The number of nitroso groups, excluding NO2 is 1. The molecule has 0 atom stereocenters. The highest BCUT2D eigenvalue weighted by molar-refractivity contribution is 5.71. The number of carbonyl (C=O) groups is 1. The smallest absolute Gasteiger partial charge is 0.269 e. The molecule has 1 aromatic heterocycles. The summed E-state index contributed by atoms with van der Waals surface area (Å²) in [6.07, 6.45) is 3.34. The number of pyridine rings is 1. The fourth-order valence-corrected chi connectivity index (χ4v) is 1.03. The minimum Gasteiger partial charge on any atom is -0.296 e. The van der Waals surface area contributed by atoms with Crippen molar-refractivity contribution < 1.29 is 9.66 Å². The molecule has 2 rings (SSSR count). The number of carbonyl (C=O) groups excluding carboxylic acids is 1. The van der Waals surface area contributed by atoms with Gasteiger partial charge in [-0.05, 0) is 6.07 Å². The Morgan fingerprint density at radius 2 is 2.33 bits per heavy atom. The van der Waals surface area contributed by atoms with E-state index in [9.17, 15) is 9.70 Å². The van der Waals surface area contributed by atoms with Crippen molar-refractivity contribution in [2.75, 3.05) is 0 Å². The van der Waals surface area contributed by atoms with Gasteiger partial charge in [0.15, 0.2) is 16.5 Å². The third-order valence-electron chi connectivity index (χ3n) is 1.54. The van der Waals surface area contributed by atoms with Gasteiger partial charge in [0.1, 0.15) is 5.69 Å². The van der Waals surface area contributed by atoms with E-state index in [1.54, 1.807) is 6.07 Å². The molecule has 0 amide bonds. The van der Waals surface area contributed by atoms with Crippen LogP contribution in [-0.2, 0) is 0 Å². The molecule has 0 saturated carbocycles. The highest BCUT2D eigenvalue weighted by Crippen LogP contribution is 1.83. The molecule has 1 aromatic rings. The number of nitrogens with zero attached hydrogens (tertiary/aromatic N) is 3. The van der Waals surface area contributed by atoms with Crippen LogP contribution < -0.4 is 10.6 Å². The minimum atomic E-state index is 0.196. The van der Waals surface area contributed by atoms with Crippen LogP contribution in [0, 0.1) is 4.91 Å². The van der Waals surface area contributed by atoms with Gasteiger partial charge in [0.05, 0.1) is 15.2 Å². The first-order chi connectivity index (χ1) is 5.81. The molecule has 58 valence electrons. The van der Waals surface area contributed by atoms with E-state index in [-0.39, 0.29) is 5.69 Å². The molecule has 1 aliphatic rings. The zero-order chi connectivity index (χ0) is 8.55. The van der Waals surface area contributed by atoms with Crippen LogP contribution >= 0.6 is 0 Å². The van der Waals surface area contributed by atoms with E-state index in [2.05, 4.69) is 10.1 Å². The molecule has 0 bridgehead atoms. The van der Waals surface area contributed by atoms with Crippen molar-refractivity contribution in [1.29, 1.82) is 0 Å². The van der Waals surface area contributed by atoms with Gasteiger partial charge >= 0.3 is 0 Å². The Hall–Kier alpha value is -1.91. The minimum absolute atomic E-state index is 0.196. The molecule has 0 radical (unpaired) electrons. The van der Waals surface area contributed by atoms with E-state index >= 15 is 0 Å². The van der Waals surface area contributed by atoms with E-state index in [1.807, 2.05) is 0 Å². The molecule has 0 fully saturated rings. The van der Waals surface area contributed by atoms with Gasteiger partial charge in [-0.1, -0.05) is 0 Å². The summed E-state index contributed by atoms with van der Waals surface area (Å²) in [5.74, 6) is 0. The van der Waals surface area contributed by atoms with E-state index in [4.69, 9.17) is 0 Å². The average molecular weight is 162 g/mol. The molecule has 12 heavy (non-hydrogen) atoms. The molecule has 1 aliphatic heterocycles. The largest absolute Gasteiger partial charge is 0.296 e. The lowest BCUT2D eigenvalue weighted by molar-refractivity contribution is -0.449. The molecule has 0 aromatic carbocycles. The molecule has 5 heteroatoms. The van der Waals surface area contributed by atoms with Gasteiger partial charge in [-0.25, -0.2) is 0 Å². The molecule has 0 aliphatic carbocycles. The topological polar surface area (TPSA) is 62.4 Å². The Morgan fingerprint density at radius 3 is 3.08 bits per heavy atom. The van der Waals surface area contributed by atoms with Gasteiger partial charge in [-0.15, -0.1) is 0 Å². The van der Waals surface area contributed by atoms with Crippen molar-refractivity contribution >= 4 is 12.5 Å². The van der Waals surface area contributed by atoms with Gasteiger partial charge in [-0.2, -0.15) is 0 Å². The Labute approximate surface area is 66.6 Å². The van der Waals surface area contributed by atoms with Gasteiger partial charge in [0, 0.05) is 6.20 Å². The molecular formula is C7H4N3O2+. The monoisotopic (exact) mass is 162 g/mol. The van der Waals surface area contributed by atoms with Crippen molar-refractivity contribution in [3.8, 4) is 0 Å². The quantitative estimate of drug-likeness (QED) is 0.391. The normalized spacial score (nSPS) is 13.2. The van der Waals surface area contributed by atoms with Gasteiger partial charge in [0.25, 0.3) is 6.20 Å². The summed E-state index contributed by atoms with van der Waals surface area (Å²) < 4.78 is 0. The Morgan fingerprint density at radius 1 is 1.50 bits per heavy atom. The zero-order valence-electron chi connectivity index (χ0n) is 5.97. The summed E-state index contributed by atoms with van der Waals surface area (Å²) in [4.78, 5) is 25.3. The second-order valence-electron chi connectivity index (χ2n) is 2.28. The van der Waals surface area contributed by atoms with Crippen molar-refractivity contribution in [2.45, 2.75) is 0 Å². The molecule has 0 spiro atoms. The van der Waals surface area contributed by atoms with Crippen LogP contribution in [0.3, 0.4) is 0 Å². The predicted octanol–water partition coefficient (Wildman–Crippen LogP) is -1.04. The fraction of sp³-hybridized carbons (Fsp3) is 0. The number of hydrogen-bond acceptors (Lipinski definition) is 3. The average Bonchev–Trinajstić information content (AvgIpc) is 2.44. The lowest BCUT2D eigenvalue weighted by Crippen LogP contribution is -2.26. The van der Waals surface area contributed by atoms with Crippen LogP contribution in [0.1, 0.15) is 10.5 Å². The molecule has 0 N–H and O–H groups in total. The first-order valence-corrected chi connectivity index (χ1v) is 3.28. The van der Waals surface area contributed by atoms with E-state index in [0.717, 1.165) is 0 Å².